The van der Waals surface area contributed by atoms with Crippen LogP contribution in [0.25, 0.3) is 21.8 Å². The molecule has 0 radical (unpaired) electrons. The molecule has 4 aromatic rings. The molecule has 0 spiro atoms. The van der Waals surface area contributed by atoms with Crippen LogP contribution < -0.4 is 0 Å². The van der Waals surface area contributed by atoms with Crippen molar-refractivity contribution in [2.24, 2.45) is 0 Å². The normalized spacial score (nSPS) is 11.2. The molecule has 0 atom stereocenters. The number of carbonyl (C=O) groups is 1. The van der Waals surface area contributed by atoms with Gasteiger partial charge < -0.3 is 0 Å². The summed E-state index contributed by atoms with van der Waals surface area (Å²) >= 11 is 12.3. The highest BCUT2D eigenvalue weighted by atomic mass is 35.5. The van der Waals surface area contributed by atoms with E-state index < -0.39 is 0 Å². The Balaban J connectivity index is 2.10. The zero-order valence-corrected chi connectivity index (χ0v) is 13.5. The minimum atomic E-state index is -0.0738. The molecule has 0 aliphatic carbocycles. The van der Waals surface area contributed by atoms with Crippen LogP contribution in [0.15, 0.2) is 66.7 Å². The summed E-state index contributed by atoms with van der Waals surface area (Å²) in [7, 11) is 0. The summed E-state index contributed by atoms with van der Waals surface area (Å²) in [6.07, 6.45) is 0. The molecule has 0 saturated carbocycles. The van der Waals surface area contributed by atoms with Crippen LogP contribution in [0.1, 0.15) is 10.4 Å². The van der Waals surface area contributed by atoms with Gasteiger partial charge in [0.1, 0.15) is 0 Å². The number of rotatable bonds is 1. The molecule has 2 nitrogen and oxygen atoms in total. The van der Waals surface area contributed by atoms with Crippen LogP contribution in [0.2, 0.25) is 10.0 Å². The van der Waals surface area contributed by atoms with E-state index in [1.807, 2.05) is 54.6 Å². The van der Waals surface area contributed by atoms with Crippen LogP contribution in [-0.2, 0) is 0 Å². The number of hydrogen-bond donors (Lipinski definition) is 0. The van der Waals surface area contributed by atoms with Crippen molar-refractivity contribution in [3.8, 4) is 0 Å². The van der Waals surface area contributed by atoms with Gasteiger partial charge in [0.25, 0.3) is 5.91 Å². The lowest BCUT2D eigenvalue weighted by Gasteiger charge is -2.06. The quantitative estimate of drug-likeness (QED) is 0.430. The molecule has 112 valence electrons. The standard InChI is InChI=1S/C19H11Cl2NO/c20-13-6-8-17-15(10-13)16-11-14(21)7-9-18(16)22(17)19(23)12-4-2-1-3-5-12/h1-11H. The fourth-order valence-electron chi connectivity index (χ4n) is 2.90. The van der Waals surface area contributed by atoms with E-state index in [4.69, 9.17) is 23.2 Å². The van der Waals surface area contributed by atoms with Gasteiger partial charge in [0, 0.05) is 26.4 Å². The molecule has 0 amide bonds. The Morgan fingerprint density at radius 2 is 1.26 bits per heavy atom. The van der Waals surface area contributed by atoms with Gasteiger partial charge in [-0.05, 0) is 48.5 Å². The number of aromatic nitrogens is 1. The molecule has 0 aliphatic heterocycles. The lowest BCUT2D eigenvalue weighted by Crippen LogP contribution is -2.11. The monoisotopic (exact) mass is 339 g/mol. The Bertz CT molecular complexity index is 992. The predicted octanol–water partition coefficient (Wildman–Crippen LogP) is 5.79. The number of carbonyl (C=O) groups excluding carboxylic acids is 1. The summed E-state index contributed by atoms with van der Waals surface area (Å²) in [6.45, 7) is 0. The first-order valence-corrected chi connectivity index (χ1v) is 7.90. The van der Waals surface area contributed by atoms with Gasteiger partial charge in [-0.15, -0.1) is 0 Å². The molecule has 1 heterocycles. The van der Waals surface area contributed by atoms with Crippen LogP contribution in [-0.4, -0.2) is 10.5 Å². The minimum Gasteiger partial charge on any atom is -0.276 e. The summed E-state index contributed by atoms with van der Waals surface area (Å²) in [6, 6.07) is 20.3. The summed E-state index contributed by atoms with van der Waals surface area (Å²) in [5.41, 5.74) is 2.28. The van der Waals surface area contributed by atoms with Crippen molar-refractivity contribution in [1.82, 2.24) is 4.57 Å². The van der Waals surface area contributed by atoms with Gasteiger partial charge in [-0.2, -0.15) is 0 Å². The highest BCUT2D eigenvalue weighted by molar-refractivity contribution is 6.33. The number of fused-ring (bicyclic) bond motifs is 3. The van der Waals surface area contributed by atoms with E-state index >= 15 is 0 Å². The average Bonchev–Trinajstić information content (AvgIpc) is 2.88. The summed E-state index contributed by atoms with van der Waals surface area (Å²) in [5.74, 6) is -0.0738. The van der Waals surface area contributed by atoms with Crippen molar-refractivity contribution < 1.29 is 4.79 Å². The number of nitrogens with zero attached hydrogens (tertiary/aromatic N) is 1. The lowest BCUT2D eigenvalue weighted by molar-refractivity contribution is 0.0969. The molecular weight excluding hydrogens is 329 g/mol. The first kappa shape index (κ1) is 14.3. The second-order valence-corrected chi connectivity index (χ2v) is 6.20. The van der Waals surface area contributed by atoms with Gasteiger partial charge in [0.2, 0.25) is 0 Å². The Labute approximate surface area is 142 Å². The van der Waals surface area contributed by atoms with Gasteiger partial charge >= 0.3 is 0 Å². The lowest BCUT2D eigenvalue weighted by atomic mass is 10.1. The first-order chi connectivity index (χ1) is 11.1. The Morgan fingerprint density at radius 3 is 1.78 bits per heavy atom. The van der Waals surface area contributed by atoms with Crippen molar-refractivity contribution in [3.05, 3.63) is 82.3 Å². The third kappa shape index (κ3) is 2.31. The fraction of sp³-hybridized carbons (Fsp3) is 0. The predicted molar refractivity (Wildman–Crippen MR) is 95.6 cm³/mol. The number of halogens is 2. The third-order valence-electron chi connectivity index (χ3n) is 3.91. The molecular formula is C19H11Cl2NO. The molecule has 0 aliphatic rings. The maximum absolute atomic E-state index is 13.0. The van der Waals surface area contributed by atoms with Crippen LogP contribution in [0.5, 0.6) is 0 Å². The molecule has 3 aromatic carbocycles. The molecule has 0 saturated heterocycles. The van der Waals surface area contributed by atoms with E-state index in [1.54, 1.807) is 16.7 Å². The third-order valence-corrected chi connectivity index (χ3v) is 4.38. The van der Waals surface area contributed by atoms with E-state index in [0.717, 1.165) is 21.8 Å². The second kappa shape index (κ2) is 5.41. The van der Waals surface area contributed by atoms with Crippen LogP contribution in [0.3, 0.4) is 0 Å². The van der Waals surface area contributed by atoms with Crippen molar-refractivity contribution in [2.75, 3.05) is 0 Å². The summed E-state index contributed by atoms with van der Waals surface area (Å²) in [4.78, 5) is 13.0. The van der Waals surface area contributed by atoms with Gasteiger partial charge in [0.05, 0.1) is 11.0 Å². The molecule has 0 N–H and O–H groups in total. The number of hydrogen-bond acceptors (Lipinski definition) is 1. The Kier molecular flexibility index (Phi) is 3.37. The molecule has 1 aromatic heterocycles. The van der Waals surface area contributed by atoms with E-state index in [9.17, 15) is 4.79 Å². The average molecular weight is 340 g/mol. The largest absolute Gasteiger partial charge is 0.276 e. The maximum Gasteiger partial charge on any atom is 0.262 e. The van der Waals surface area contributed by atoms with Gasteiger partial charge in [0.15, 0.2) is 0 Å². The molecule has 0 fully saturated rings. The smallest absolute Gasteiger partial charge is 0.262 e. The van der Waals surface area contributed by atoms with Crippen LogP contribution in [0, 0.1) is 0 Å². The Morgan fingerprint density at radius 1 is 0.739 bits per heavy atom. The molecule has 0 unspecified atom stereocenters. The Hall–Kier alpha value is -2.29. The van der Waals surface area contributed by atoms with Gasteiger partial charge in [-0.3, -0.25) is 9.36 Å². The van der Waals surface area contributed by atoms with Crippen LogP contribution in [0.4, 0.5) is 0 Å². The summed E-state index contributed by atoms with van der Waals surface area (Å²) in [5, 5.41) is 3.09. The van der Waals surface area contributed by atoms with E-state index in [-0.39, 0.29) is 5.91 Å². The van der Waals surface area contributed by atoms with Crippen molar-refractivity contribution in [3.63, 3.8) is 0 Å². The van der Waals surface area contributed by atoms with Crippen molar-refractivity contribution in [1.29, 1.82) is 0 Å². The molecule has 0 bridgehead atoms. The zero-order valence-electron chi connectivity index (χ0n) is 12.0. The van der Waals surface area contributed by atoms with Crippen molar-refractivity contribution in [2.45, 2.75) is 0 Å². The number of benzene rings is 3. The highest BCUT2D eigenvalue weighted by Crippen LogP contribution is 2.33. The van der Waals surface area contributed by atoms with E-state index in [1.165, 1.54) is 0 Å². The SMILES string of the molecule is O=C(c1ccccc1)n1c2ccc(Cl)cc2c2cc(Cl)ccc21. The van der Waals surface area contributed by atoms with Gasteiger partial charge in [-0.1, -0.05) is 41.4 Å². The minimum absolute atomic E-state index is 0.0738. The maximum atomic E-state index is 13.0. The van der Waals surface area contributed by atoms with E-state index in [0.29, 0.717) is 15.6 Å². The second-order valence-electron chi connectivity index (χ2n) is 5.33. The zero-order chi connectivity index (χ0) is 16.0. The van der Waals surface area contributed by atoms with Crippen molar-refractivity contribution >= 4 is 50.9 Å². The van der Waals surface area contributed by atoms with E-state index in [2.05, 4.69) is 0 Å². The van der Waals surface area contributed by atoms with Gasteiger partial charge in [-0.25, -0.2) is 0 Å². The highest BCUT2D eigenvalue weighted by Gasteiger charge is 2.17. The molecule has 4 rings (SSSR count). The fourth-order valence-corrected chi connectivity index (χ4v) is 3.24. The topological polar surface area (TPSA) is 22.0 Å². The van der Waals surface area contributed by atoms with Crippen LogP contribution >= 0.6 is 23.2 Å². The first-order valence-electron chi connectivity index (χ1n) is 7.14. The molecule has 4 heteroatoms. The summed E-state index contributed by atoms with van der Waals surface area (Å²) < 4.78 is 1.71. The molecule has 23 heavy (non-hydrogen) atoms.